The van der Waals surface area contributed by atoms with Crippen molar-refractivity contribution < 1.29 is 82.7 Å². The minimum absolute atomic E-state index is 0.284. The fourth-order valence-electron chi connectivity index (χ4n) is 3.93. The SMILES string of the molecule is O=S(=O)(O)c1ccc(-c2ccc(S(=O)(=O)N(C(O)[C@H](O)[C@@H](O)[C@H](O)[C@H](O)CO)C(O)[C@H](O)[C@@H](O)[C@H](O)[C@H](O)CO)cc2)cc1. The Morgan fingerprint density at radius 3 is 1.11 bits per heavy atom. The lowest BCUT2D eigenvalue weighted by atomic mass is 10.0. The first-order valence-electron chi connectivity index (χ1n) is 12.5. The molecule has 0 heterocycles. The van der Waals surface area contributed by atoms with Gasteiger partial charge in [-0.3, -0.25) is 4.55 Å². The maximum atomic E-state index is 13.6. The zero-order valence-corrected chi connectivity index (χ0v) is 24.1. The van der Waals surface area contributed by atoms with E-state index in [1.54, 1.807) is 0 Å². The molecular formula is C24H35NO17S2. The molecule has 2 unspecified atom stereocenters. The average Bonchev–Trinajstić information content (AvgIpc) is 3.01. The summed E-state index contributed by atoms with van der Waals surface area (Å²) in [5.74, 6) is 0. The van der Waals surface area contributed by atoms with Crippen LogP contribution in [0.15, 0.2) is 58.3 Å². The van der Waals surface area contributed by atoms with Crippen molar-refractivity contribution in [2.75, 3.05) is 13.2 Å². The van der Waals surface area contributed by atoms with Crippen LogP contribution in [-0.2, 0) is 20.1 Å². The number of hydrogen-bond acceptors (Lipinski definition) is 16. The van der Waals surface area contributed by atoms with E-state index in [1.165, 1.54) is 24.3 Å². The Kier molecular flexibility index (Phi) is 13.3. The monoisotopic (exact) mass is 673 g/mol. The Morgan fingerprint density at radius 2 is 0.818 bits per heavy atom. The molecule has 0 saturated heterocycles. The molecule has 0 bridgehead atoms. The quantitative estimate of drug-likeness (QED) is 0.0582. The lowest BCUT2D eigenvalue weighted by molar-refractivity contribution is -0.203. The molecule has 18 nitrogen and oxygen atoms in total. The van der Waals surface area contributed by atoms with Crippen molar-refractivity contribution in [3.05, 3.63) is 48.5 Å². The fourth-order valence-corrected chi connectivity index (χ4v) is 5.95. The summed E-state index contributed by atoms with van der Waals surface area (Å²) < 4.78 is 58.5. The van der Waals surface area contributed by atoms with Gasteiger partial charge >= 0.3 is 0 Å². The molecule has 0 amide bonds. The zero-order chi connectivity index (χ0) is 33.7. The van der Waals surface area contributed by atoms with Crippen LogP contribution in [0.5, 0.6) is 0 Å². The van der Waals surface area contributed by atoms with Crippen LogP contribution < -0.4 is 0 Å². The third kappa shape index (κ3) is 8.52. The largest absolute Gasteiger partial charge is 0.394 e. The molecule has 13 N–H and O–H groups in total. The van der Waals surface area contributed by atoms with E-state index < -0.39 is 109 Å². The lowest BCUT2D eigenvalue weighted by Gasteiger charge is -2.39. The van der Waals surface area contributed by atoms with Crippen molar-refractivity contribution in [1.29, 1.82) is 0 Å². The van der Waals surface area contributed by atoms with Gasteiger partial charge < -0.3 is 61.3 Å². The smallest absolute Gasteiger partial charge is 0.294 e. The molecule has 0 radical (unpaired) electrons. The minimum Gasteiger partial charge on any atom is -0.394 e. The number of benzene rings is 2. The predicted molar refractivity (Wildman–Crippen MR) is 145 cm³/mol. The van der Waals surface area contributed by atoms with E-state index in [2.05, 4.69) is 0 Å². The van der Waals surface area contributed by atoms with Gasteiger partial charge in [0.1, 0.15) is 48.8 Å². The van der Waals surface area contributed by atoms with Crippen LogP contribution in [0.3, 0.4) is 0 Å². The van der Waals surface area contributed by atoms with Gasteiger partial charge in [0, 0.05) is 0 Å². The van der Waals surface area contributed by atoms with Crippen LogP contribution in [0.1, 0.15) is 0 Å². The lowest BCUT2D eigenvalue weighted by Crippen LogP contribution is -2.63. The maximum Gasteiger partial charge on any atom is 0.294 e. The topological polar surface area (TPSA) is 335 Å². The Labute approximate surface area is 251 Å². The summed E-state index contributed by atoms with van der Waals surface area (Å²) in [6.07, 6.45) is -25.6. The van der Waals surface area contributed by atoms with Crippen LogP contribution >= 0.6 is 0 Å². The molecule has 44 heavy (non-hydrogen) atoms. The Hall–Kier alpha value is -2.22. The summed E-state index contributed by atoms with van der Waals surface area (Å²) in [7, 11) is -9.79. The van der Waals surface area contributed by atoms with Gasteiger partial charge in [-0.2, -0.15) is 8.42 Å². The molecular weight excluding hydrogens is 638 g/mol. The first-order chi connectivity index (χ1) is 20.3. The van der Waals surface area contributed by atoms with Crippen molar-refractivity contribution in [1.82, 2.24) is 4.31 Å². The highest BCUT2D eigenvalue weighted by Gasteiger charge is 2.48. The van der Waals surface area contributed by atoms with E-state index in [4.69, 9.17) is 14.8 Å². The van der Waals surface area contributed by atoms with Crippen LogP contribution in [-0.4, -0.2) is 161 Å². The third-order valence-corrected chi connectivity index (χ3v) is 9.33. The van der Waals surface area contributed by atoms with Crippen LogP contribution in [0.4, 0.5) is 0 Å². The normalized spacial score (nSPS) is 19.8. The molecule has 2 rings (SSSR count). The van der Waals surface area contributed by atoms with Crippen LogP contribution in [0.2, 0.25) is 0 Å². The molecule has 250 valence electrons. The summed E-state index contributed by atoms with van der Waals surface area (Å²) in [4.78, 5) is -1.18. The molecule has 20 heteroatoms. The molecule has 0 fully saturated rings. The van der Waals surface area contributed by atoms with Crippen LogP contribution in [0, 0.1) is 0 Å². The van der Waals surface area contributed by atoms with E-state index in [-0.39, 0.29) is 5.56 Å². The van der Waals surface area contributed by atoms with Crippen molar-refractivity contribution >= 4 is 20.1 Å². The Bertz CT molecular complexity index is 1370. The van der Waals surface area contributed by atoms with Crippen molar-refractivity contribution in [2.24, 2.45) is 0 Å². The summed E-state index contributed by atoms with van der Waals surface area (Å²) in [5, 5.41) is 120. The summed E-state index contributed by atoms with van der Waals surface area (Å²) >= 11 is 0. The molecule has 0 saturated carbocycles. The minimum atomic E-state index is -5.29. The summed E-state index contributed by atoms with van der Waals surface area (Å²) in [6, 6.07) is 8.82. The molecule has 10 atom stereocenters. The third-order valence-electron chi connectivity index (χ3n) is 6.61. The second kappa shape index (κ2) is 15.4. The number of aliphatic hydroxyl groups is 12. The molecule has 0 spiro atoms. The first kappa shape index (κ1) is 38.0. The maximum absolute atomic E-state index is 13.6. The first-order valence-corrected chi connectivity index (χ1v) is 15.4. The van der Waals surface area contributed by atoms with Gasteiger partial charge in [0.25, 0.3) is 10.1 Å². The predicted octanol–water partition coefficient (Wildman–Crippen LogP) is -5.90. The van der Waals surface area contributed by atoms with Gasteiger partial charge in [0.15, 0.2) is 12.5 Å². The number of sulfonamides is 1. The molecule has 2 aromatic carbocycles. The van der Waals surface area contributed by atoms with E-state index in [1.807, 2.05) is 0 Å². The van der Waals surface area contributed by atoms with Gasteiger partial charge in [0.05, 0.1) is 23.0 Å². The molecule has 0 aromatic heterocycles. The van der Waals surface area contributed by atoms with Crippen molar-refractivity contribution in [2.45, 2.75) is 71.1 Å². The van der Waals surface area contributed by atoms with Gasteiger partial charge in [-0.15, -0.1) is 4.31 Å². The van der Waals surface area contributed by atoms with Crippen LogP contribution in [0.25, 0.3) is 11.1 Å². The van der Waals surface area contributed by atoms with Crippen molar-refractivity contribution in [3.63, 3.8) is 0 Å². The van der Waals surface area contributed by atoms with Gasteiger partial charge in [-0.05, 0) is 35.4 Å². The van der Waals surface area contributed by atoms with Gasteiger partial charge in [0.2, 0.25) is 10.0 Å². The highest BCUT2D eigenvalue weighted by Crippen LogP contribution is 2.28. The number of rotatable bonds is 16. The van der Waals surface area contributed by atoms with E-state index in [9.17, 15) is 67.9 Å². The van der Waals surface area contributed by atoms with E-state index in [0.29, 0.717) is 5.56 Å². The Balaban J connectivity index is 2.55. The number of aliphatic hydroxyl groups excluding tert-OH is 12. The number of hydrogen-bond donors (Lipinski definition) is 13. The number of nitrogens with zero attached hydrogens (tertiary/aromatic N) is 1. The summed E-state index contributed by atoms with van der Waals surface area (Å²) in [6.45, 7) is -2.29. The summed E-state index contributed by atoms with van der Waals surface area (Å²) in [5.41, 5.74) is 0.620. The average molecular weight is 674 g/mol. The Morgan fingerprint density at radius 1 is 0.500 bits per heavy atom. The highest BCUT2D eigenvalue weighted by molar-refractivity contribution is 7.89. The molecule has 0 aliphatic rings. The van der Waals surface area contributed by atoms with E-state index in [0.717, 1.165) is 24.3 Å². The zero-order valence-electron chi connectivity index (χ0n) is 22.5. The van der Waals surface area contributed by atoms with Gasteiger partial charge in [-0.25, -0.2) is 8.42 Å². The second-order valence-corrected chi connectivity index (χ2v) is 12.9. The molecule has 0 aliphatic carbocycles. The van der Waals surface area contributed by atoms with Crippen molar-refractivity contribution in [3.8, 4) is 11.1 Å². The van der Waals surface area contributed by atoms with Gasteiger partial charge in [-0.1, -0.05) is 24.3 Å². The molecule has 0 aliphatic heterocycles. The van der Waals surface area contributed by atoms with E-state index >= 15 is 0 Å². The fraction of sp³-hybridized carbons (Fsp3) is 0.500. The highest BCUT2D eigenvalue weighted by atomic mass is 32.2. The molecule has 2 aromatic rings. The standard InChI is InChI=1S/C24H35NO17S2/c26-9-15(28)17(30)19(32)21(34)23(36)25(24(37)22(35)20(33)18(31)16(29)10-27)43(38,39)13-5-1-11(2-6-13)12-3-7-14(8-4-12)44(40,41)42/h1-8,15-24,26-37H,9-10H2,(H,40,41,42)/t15-,16-,17-,18-,19+,20+,21-,22-,23?,24?/m1/s1. The second-order valence-electron chi connectivity index (χ2n) is 9.63.